The number of hydrogen-bond donors (Lipinski definition) is 2. The molecular weight excluding hydrogens is 242 g/mol. The molecule has 0 saturated heterocycles. The van der Waals surface area contributed by atoms with Crippen LogP contribution < -0.4 is 5.73 Å². The van der Waals surface area contributed by atoms with Crippen LogP contribution in [0.4, 0.5) is 0 Å². The molecule has 1 aliphatic carbocycles. The van der Waals surface area contributed by atoms with Crippen molar-refractivity contribution >= 4 is 15.9 Å². The van der Waals surface area contributed by atoms with Gasteiger partial charge in [0, 0.05) is 10.0 Å². The largest absolute Gasteiger partial charge is 0.393 e. The molecule has 2 rings (SSSR count). The minimum Gasteiger partial charge on any atom is -0.393 e. The second-order valence-electron chi connectivity index (χ2n) is 4.18. The molecule has 0 heterocycles. The fourth-order valence-corrected chi connectivity index (χ4v) is 2.66. The maximum atomic E-state index is 9.30. The van der Waals surface area contributed by atoms with Gasteiger partial charge in [0.15, 0.2) is 0 Å². The summed E-state index contributed by atoms with van der Waals surface area (Å²) in [6.45, 7) is 2.05. The molecule has 3 N–H and O–H groups in total. The lowest BCUT2D eigenvalue weighted by Gasteiger charge is -2.43. The van der Waals surface area contributed by atoms with Crippen LogP contribution in [-0.2, 0) is 5.54 Å². The van der Waals surface area contributed by atoms with Crippen molar-refractivity contribution in [1.29, 1.82) is 0 Å². The summed E-state index contributed by atoms with van der Waals surface area (Å²) in [6, 6.07) is 6.11. The SMILES string of the molecule is Cc1cc(Br)ccc1C1(N)CC(O)C1. The molecule has 3 heteroatoms. The van der Waals surface area contributed by atoms with Gasteiger partial charge in [-0.2, -0.15) is 0 Å². The molecule has 0 radical (unpaired) electrons. The summed E-state index contributed by atoms with van der Waals surface area (Å²) in [7, 11) is 0. The third-order valence-corrected chi connectivity index (χ3v) is 3.42. The van der Waals surface area contributed by atoms with Crippen LogP contribution in [0.3, 0.4) is 0 Å². The van der Waals surface area contributed by atoms with Gasteiger partial charge in [-0.3, -0.25) is 0 Å². The summed E-state index contributed by atoms with van der Waals surface area (Å²) in [5.74, 6) is 0. The predicted octanol–water partition coefficient (Wildman–Crippen LogP) is 2.07. The molecule has 0 aromatic heterocycles. The number of aliphatic hydroxyl groups is 1. The van der Waals surface area contributed by atoms with Crippen LogP contribution in [0.15, 0.2) is 22.7 Å². The lowest BCUT2D eigenvalue weighted by atomic mass is 9.69. The van der Waals surface area contributed by atoms with Crippen molar-refractivity contribution in [2.75, 3.05) is 0 Å². The minimum absolute atomic E-state index is 0.219. The number of halogens is 1. The fraction of sp³-hybridized carbons (Fsp3) is 0.455. The lowest BCUT2D eigenvalue weighted by molar-refractivity contribution is 0.0206. The van der Waals surface area contributed by atoms with Gasteiger partial charge in [-0.25, -0.2) is 0 Å². The zero-order chi connectivity index (χ0) is 10.3. The molecule has 1 fully saturated rings. The van der Waals surface area contributed by atoms with Gasteiger partial charge in [-0.1, -0.05) is 22.0 Å². The Labute approximate surface area is 92.3 Å². The summed E-state index contributed by atoms with van der Waals surface area (Å²) in [5.41, 5.74) is 8.24. The van der Waals surface area contributed by atoms with E-state index in [0.29, 0.717) is 12.8 Å². The van der Waals surface area contributed by atoms with Gasteiger partial charge in [0.05, 0.1) is 6.10 Å². The van der Waals surface area contributed by atoms with Crippen LogP contribution >= 0.6 is 15.9 Å². The fourth-order valence-electron chi connectivity index (χ4n) is 2.19. The first-order chi connectivity index (χ1) is 6.51. The maximum Gasteiger partial charge on any atom is 0.0582 e. The lowest BCUT2D eigenvalue weighted by Crippen LogP contribution is -2.52. The summed E-state index contributed by atoms with van der Waals surface area (Å²) < 4.78 is 1.07. The molecule has 1 saturated carbocycles. The van der Waals surface area contributed by atoms with Crippen molar-refractivity contribution in [2.45, 2.75) is 31.4 Å². The van der Waals surface area contributed by atoms with E-state index in [-0.39, 0.29) is 11.6 Å². The van der Waals surface area contributed by atoms with E-state index >= 15 is 0 Å². The van der Waals surface area contributed by atoms with Crippen LogP contribution in [0.25, 0.3) is 0 Å². The molecule has 0 amide bonds. The Morgan fingerprint density at radius 3 is 2.64 bits per heavy atom. The molecule has 0 atom stereocenters. The average molecular weight is 256 g/mol. The van der Waals surface area contributed by atoms with E-state index in [1.54, 1.807) is 0 Å². The van der Waals surface area contributed by atoms with Gasteiger partial charge < -0.3 is 10.8 Å². The number of benzene rings is 1. The zero-order valence-electron chi connectivity index (χ0n) is 8.13. The van der Waals surface area contributed by atoms with Crippen LogP contribution in [0.2, 0.25) is 0 Å². The Morgan fingerprint density at radius 1 is 1.50 bits per heavy atom. The summed E-state index contributed by atoms with van der Waals surface area (Å²) in [5, 5.41) is 9.30. The third-order valence-electron chi connectivity index (χ3n) is 2.92. The normalized spacial score (nSPS) is 31.3. The van der Waals surface area contributed by atoms with E-state index in [4.69, 9.17) is 5.73 Å². The maximum absolute atomic E-state index is 9.30. The van der Waals surface area contributed by atoms with Gasteiger partial charge >= 0.3 is 0 Å². The van der Waals surface area contributed by atoms with Gasteiger partial charge in [0.1, 0.15) is 0 Å². The molecule has 0 spiro atoms. The molecular formula is C11H14BrNO. The summed E-state index contributed by atoms with van der Waals surface area (Å²) in [6.07, 6.45) is 1.13. The minimum atomic E-state index is -0.301. The van der Waals surface area contributed by atoms with E-state index < -0.39 is 0 Å². The first-order valence-electron chi connectivity index (χ1n) is 4.75. The molecule has 1 aromatic rings. The first-order valence-corrected chi connectivity index (χ1v) is 5.54. The molecule has 1 aromatic carbocycles. The highest BCUT2D eigenvalue weighted by Crippen LogP contribution is 2.40. The third kappa shape index (κ3) is 1.60. The topological polar surface area (TPSA) is 46.2 Å². The molecule has 1 aliphatic rings. The van der Waals surface area contributed by atoms with Crippen LogP contribution in [0.5, 0.6) is 0 Å². The van der Waals surface area contributed by atoms with Crippen molar-refractivity contribution in [3.05, 3.63) is 33.8 Å². The predicted molar refractivity (Wildman–Crippen MR) is 60.0 cm³/mol. The van der Waals surface area contributed by atoms with Crippen molar-refractivity contribution in [3.8, 4) is 0 Å². The smallest absolute Gasteiger partial charge is 0.0582 e. The van der Waals surface area contributed by atoms with Gasteiger partial charge in [-0.15, -0.1) is 0 Å². The second-order valence-corrected chi connectivity index (χ2v) is 5.09. The summed E-state index contributed by atoms with van der Waals surface area (Å²) in [4.78, 5) is 0. The van der Waals surface area contributed by atoms with Crippen LogP contribution in [-0.4, -0.2) is 11.2 Å². The van der Waals surface area contributed by atoms with Crippen LogP contribution in [0.1, 0.15) is 24.0 Å². The highest BCUT2D eigenvalue weighted by molar-refractivity contribution is 9.10. The highest BCUT2D eigenvalue weighted by Gasteiger charge is 2.42. The van der Waals surface area contributed by atoms with E-state index in [2.05, 4.69) is 28.9 Å². The Morgan fingerprint density at radius 2 is 2.14 bits per heavy atom. The Hall–Kier alpha value is -0.380. The molecule has 14 heavy (non-hydrogen) atoms. The summed E-state index contributed by atoms with van der Waals surface area (Å²) >= 11 is 3.42. The van der Waals surface area contributed by atoms with Crippen molar-refractivity contribution in [1.82, 2.24) is 0 Å². The number of hydrogen-bond acceptors (Lipinski definition) is 2. The highest BCUT2D eigenvalue weighted by atomic mass is 79.9. The Bertz CT molecular complexity index is 358. The number of aliphatic hydroxyl groups excluding tert-OH is 1. The van der Waals surface area contributed by atoms with E-state index in [9.17, 15) is 5.11 Å². The van der Waals surface area contributed by atoms with Crippen molar-refractivity contribution in [2.24, 2.45) is 5.73 Å². The first kappa shape index (κ1) is 10.1. The standard InChI is InChI=1S/C11H14BrNO/c1-7-4-8(12)2-3-10(7)11(13)5-9(14)6-11/h2-4,9,14H,5-6,13H2,1H3. The quantitative estimate of drug-likeness (QED) is 0.807. The average Bonchev–Trinajstić information content (AvgIpc) is 2.00. The number of nitrogens with two attached hydrogens (primary N) is 1. The van der Waals surface area contributed by atoms with E-state index in [1.807, 2.05) is 12.1 Å². The van der Waals surface area contributed by atoms with E-state index in [1.165, 1.54) is 5.56 Å². The molecule has 2 nitrogen and oxygen atoms in total. The van der Waals surface area contributed by atoms with Crippen LogP contribution in [0, 0.1) is 6.92 Å². The second kappa shape index (κ2) is 3.33. The molecule has 0 bridgehead atoms. The van der Waals surface area contributed by atoms with Gasteiger partial charge in [0.2, 0.25) is 0 Å². The van der Waals surface area contributed by atoms with E-state index in [0.717, 1.165) is 10.0 Å². The Kier molecular flexibility index (Phi) is 2.41. The molecule has 0 aliphatic heterocycles. The van der Waals surface area contributed by atoms with Crippen molar-refractivity contribution < 1.29 is 5.11 Å². The van der Waals surface area contributed by atoms with Gasteiger partial charge in [0.25, 0.3) is 0 Å². The number of rotatable bonds is 1. The molecule has 76 valence electrons. The van der Waals surface area contributed by atoms with Gasteiger partial charge in [-0.05, 0) is 43.0 Å². The zero-order valence-corrected chi connectivity index (χ0v) is 9.71. The van der Waals surface area contributed by atoms with Crippen molar-refractivity contribution in [3.63, 3.8) is 0 Å². The molecule has 0 unspecified atom stereocenters. The number of aryl methyl sites for hydroxylation is 1. The Balaban J connectivity index is 2.33. The monoisotopic (exact) mass is 255 g/mol.